The maximum Gasteiger partial charge on any atom is 0.193 e. The van der Waals surface area contributed by atoms with Gasteiger partial charge in [-0.25, -0.2) is 0 Å². The van der Waals surface area contributed by atoms with E-state index in [9.17, 15) is 0 Å². The lowest BCUT2D eigenvalue weighted by Gasteiger charge is -2.28. The fourth-order valence-corrected chi connectivity index (χ4v) is 2.31. The summed E-state index contributed by atoms with van der Waals surface area (Å²) in [5, 5.41) is 3.48. The maximum atomic E-state index is 4.37. The molecule has 132 valence electrons. The Labute approximate surface area is 159 Å². The van der Waals surface area contributed by atoms with Gasteiger partial charge in [0.15, 0.2) is 5.96 Å². The van der Waals surface area contributed by atoms with Crippen molar-refractivity contribution in [3.63, 3.8) is 0 Å². The number of likely N-dealkylation sites (N-methyl/N-ethyl adjacent to an activating group) is 1. The first-order valence-corrected chi connectivity index (χ1v) is 8.24. The summed E-state index contributed by atoms with van der Waals surface area (Å²) in [7, 11) is 6.12. The Bertz CT molecular complexity index is 436. The molecular weight excluding hydrogens is 399 g/mol. The van der Waals surface area contributed by atoms with Gasteiger partial charge in [0.25, 0.3) is 0 Å². The molecule has 1 aromatic carbocycles. The van der Waals surface area contributed by atoms with E-state index in [2.05, 4.69) is 78.4 Å². The van der Waals surface area contributed by atoms with Crippen LogP contribution in [0.1, 0.15) is 32.3 Å². The van der Waals surface area contributed by atoms with Crippen LogP contribution < -0.4 is 5.32 Å². The second-order valence-corrected chi connectivity index (χ2v) is 5.95. The van der Waals surface area contributed by atoms with Gasteiger partial charge in [-0.3, -0.25) is 9.89 Å². The molecule has 4 nitrogen and oxygen atoms in total. The van der Waals surface area contributed by atoms with Gasteiger partial charge in [0.05, 0.1) is 0 Å². The normalized spacial score (nSPS) is 12.7. The molecule has 1 N–H and O–H groups in total. The molecule has 0 aliphatic heterocycles. The van der Waals surface area contributed by atoms with E-state index in [-0.39, 0.29) is 24.0 Å². The summed E-state index contributed by atoms with van der Waals surface area (Å²) in [6.07, 6.45) is 2.40. The van der Waals surface area contributed by atoms with E-state index < -0.39 is 0 Å². The van der Waals surface area contributed by atoms with Crippen molar-refractivity contribution in [2.24, 2.45) is 4.99 Å². The zero-order valence-electron chi connectivity index (χ0n) is 15.2. The number of halogens is 1. The summed E-state index contributed by atoms with van der Waals surface area (Å²) in [5.74, 6) is 0.980. The Morgan fingerprint density at radius 1 is 1.22 bits per heavy atom. The highest BCUT2D eigenvalue weighted by atomic mass is 127. The Balaban J connectivity index is 0.00000484. The highest BCUT2D eigenvalue weighted by Crippen LogP contribution is 2.05. The lowest BCUT2D eigenvalue weighted by Crippen LogP contribution is -2.45. The molecule has 0 heterocycles. The van der Waals surface area contributed by atoms with Crippen LogP contribution in [0.3, 0.4) is 0 Å². The molecule has 0 aliphatic carbocycles. The molecule has 0 aromatic heterocycles. The van der Waals surface area contributed by atoms with Crippen LogP contribution in [-0.2, 0) is 6.54 Å². The van der Waals surface area contributed by atoms with Gasteiger partial charge >= 0.3 is 0 Å². The van der Waals surface area contributed by atoms with Crippen molar-refractivity contribution in [3.8, 4) is 0 Å². The summed E-state index contributed by atoms with van der Waals surface area (Å²) in [6.45, 7) is 7.37. The molecule has 23 heavy (non-hydrogen) atoms. The second kappa shape index (κ2) is 12.6. The Morgan fingerprint density at radius 2 is 1.87 bits per heavy atom. The number of nitrogens with one attached hydrogen (secondary N) is 1. The minimum absolute atomic E-state index is 0. The zero-order valence-corrected chi connectivity index (χ0v) is 17.6. The van der Waals surface area contributed by atoms with Crippen LogP contribution in [-0.4, -0.2) is 56.0 Å². The molecule has 0 bridgehead atoms. The van der Waals surface area contributed by atoms with Crippen LogP contribution >= 0.6 is 24.0 Å². The smallest absolute Gasteiger partial charge is 0.193 e. The van der Waals surface area contributed by atoms with E-state index in [1.165, 1.54) is 18.4 Å². The predicted molar refractivity (Wildman–Crippen MR) is 112 cm³/mol. The van der Waals surface area contributed by atoms with Gasteiger partial charge in [-0.1, -0.05) is 43.7 Å². The van der Waals surface area contributed by atoms with Gasteiger partial charge in [-0.05, 0) is 26.0 Å². The quantitative estimate of drug-likeness (QED) is 0.388. The summed E-state index contributed by atoms with van der Waals surface area (Å²) in [4.78, 5) is 8.93. The lowest BCUT2D eigenvalue weighted by atomic mass is 10.2. The second-order valence-electron chi connectivity index (χ2n) is 5.95. The monoisotopic (exact) mass is 432 g/mol. The molecule has 0 saturated heterocycles. The fraction of sp³-hybridized carbons (Fsp3) is 0.611. The molecule has 5 heteroatoms. The topological polar surface area (TPSA) is 30.9 Å². The molecule has 1 rings (SSSR count). The number of rotatable bonds is 8. The van der Waals surface area contributed by atoms with Crippen LogP contribution in [0.5, 0.6) is 0 Å². The Kier molecular flexibility index (Phi) is 12.1. The number of hydrogen-bond donors (Lipinski definition) is 1. The van der Waals surface area contributed by atoms with Crippen LogP contribution in [0.2, 0.25) is 0 Å². The van der Waals surface area contributed by atoms with Crippen molar-refractivity contribution in [1.82, 2.24) is 15.1 Å². The molecule has 0 saturated carbocycles. The molecule has 1 aromatic rings. The van der Waals surface area contributed by atoms with Gasteiger partial charge in [0, 0.05) is 39.8 Å². The lowest BCUT2D eigenvalue weighted by molar-refractivity contribution is 0.248. The minimum atomic E-state index is 0. The van der Waals surface area contributed by atoms with E-state index >= 15 is 0 Å². The Morgan fingerprint density at radius 3 is 2.43 bits per heavy atom. The van der Waals surface area contributed by atoms with Crippen LogP contribution in [0.25, 0.3) is 0 Å². The summed E-state index contributed by atoms with van der Waals surface area (Å²) >= 11 is 0. The molecule has 0 aliphatic rings. The third-order valence-corrected chi connectivity index (χ3v) is 4.00. The van der Waals surface area contributed by atoms with Crippen molar-refractivity contribution >= 4 is 29.9 Å². The maximum absolute atomic E-state index is 4.37. The third-order valence-electron chi connectivity index (χ3n) is 4.00. The SMILES string of the molecule is CCCCN(C)C(=NC)NCC(C)N(C)Cc1ccccc1.I. The summed E-state index contributed by atoms with van der Waals surface area (Å²) in [5.41, 5.74) is 1.35. The highest BCUT2D eigenvalue weighted by molar-refractivity contribution is 14.0. The van der Waals surface area contributed by atoms with Crippen LogP contribution in [0, 0.1) is 0 Å². The molecule has 0 spiro atoms. The predicted octanol–water partition coefficient (Wildman–Crippen LogP) is 3.43. The number of benzene rings is 1. The molecule has 0 fully saturated rings. The number of guanidine groups is 1. The van der Waals surface area contributed by atoms with Crippen molar-refractivity contribution in [3.05, 3.63) is 35.9 Å². The van der Waals surface area contributed by atoms with E-state index in [0.717, 1.165) is 25.6 Å². The standard InChI is InChI=1S/C18H32N4.HI/c1-6-7-13-21(4)18(19-3)20-14-16(2)22(5)15-17-11-9-8-10-12-17;/h8-12,16H,6-7,13-15H2,1-5H3,(H,19,20);1H. The van der Waals surface area contributed by atoms with E-state index in [1.807, 2.05) is 7.05 Å². The average molecular weight is 432 g/mol. The molecule has 1 unspecified atom stereocenters. The third kappa shape index (κ3) is 8.55. The number of unbranched alkanes of at least 4 members (excludes halogenated alkanes) is 1. The average Bonchev–Trinajstić information content (AvgIpc) is 2.54. The first kappa shape index (κ1) is 22.2. The Hall–Kier alpha value is -0.820. The summed E-state index contributed by atoms with van der Waals surface area (Å²) < 4.78 is 0. The molecule has 0 amide bonds. The molecular formula is C18H33IN4. The summed E-state index contributed by atoms with van der Waals surface area (Å²) in [6, 6.07) is 11.0. The zero-order chi connectivity index (χ0) is 16.4. The van der Waals surface area contributed by atoms with Crippen molar-refractivity contribution in [2.45, 2.75) is 39.3 Å². The van der Waals surface area contributed by atoms with Gasteiger partial charge in [-0.2, -0.15) is 0 Å². The molecule has 0 radical (unpaired) electrons. The first-order chi connectivity index (χ1) is 10.6. The van der Waals surface area contributed by atoms with Gasteiger partial charge < -0.3 is 10.2 Å². The fourth-order valence-electron chi connectivity index (χ4n) is 2.31. The van der Waals surface area contributed by atoms with E-state index in [4.69, 9.17) is 0 Å². The van der Waals surface area contributed by atoms with Gasteiger partial charge in [0.1, 0.15) is 0 Å². The van der Waals surface area contributed by atoms with E-state index in [0.29, 0.717) is 6.04 Å². The van der Waals surface area contributed by atoms with Crippen LogP contribution in [0.15, 0.2) is 35.3 Å². The largest absolute Gasteiger partial charge is 0.355 e. The van der Waals surface area contributed by atoms with Crippen LogP contribution in [0.4, 0.5) is 0 Å². The van der Waals surface area contributed by atoms with Crippen molar-refractivity contribution < 1.29 is 0 Å². The first-order valence-electron chi connectivity index (χ1n) is 8.24. The number of nitrogens with zero attached hydrogens (tertiary/aromatic N) is 3. The number of hydrogen-bond acceptors (Lipinski definition) is 2. The minimum Gasteiger partial charge on any atom is -0.355 e. The van der Waals surface area contributed by atoms with Crippen molar-refractivity contribution in [1.29, 1.82) is 0 Å². The van der Waals surface area contributed by atoms with Gasteiger partial charge in [0.2, 0.25) is 0 Å². The molecule has 1 atom stereocenters. The van der Waals surface area contributed by atoms with E-state index in [1.54, 1.807) is 0 Å². The highest BCUT2D eigenvalue weighted by Gasteiger charge is 2.12. The number of aliphatic imine (C=N–C) groups is 1. The van der Waals surface area contributed by atoms with Gasteiger partial charge in [-0.15, -0.1) is 24.0 Å². The van der Waals surface area contributed by atoms with Crippen molar-refractivity contribution in [2.75, 3.05) is 34.2 Å².